The third kappa shape index (κ3) is 4.49. The molecule has 5 nitrogen and oxygen atoms in total. The largest absolute Gasteiger partial charge is 0.394 e. The van der Waals surface area contributed by atoms with Gasteiger partial charge in [0.2, 0.25) is 0 Å². The number of allylic oxidation sites excluding steroid dienone is 4. The van der Waals surface area contributed by atoms with E-state index in [2.05, 4.69) is 18.4 Å². The highest BCUT2D eigenvalue weighted by molar-refractivity contribution is 5.20. The fraction of sp³-hybridized carbons (Fsp3) is 0.600. The molecule has 1 unspecified atom stereocenters. The Morgan fingerprint density at radius 1 is 1.55 bits per heavy atom. The Hall–Kier alpha value is -1.62. The van der Waals surface area contributed by atoms with E-state index in [0.29, 0.717) is 0 Å². The number of aliphatic hydroxyl groups excluding tert-OH is 1. The van der Waals surface area contributed by atoms with Crippen molar-refractivity contribution in [2.45, 2.75) is 45.1 Å². The molecule has 1 aliphatic rings. The predicted molar refractivity (Wildman–Crippen MR) is 79.7 cm³/mol. The van der Waals surface area contributed by atoms with Crippen molar-refractivity contribution in [3.8, 4) is 0 Å². The summed E-state index contributed by atoms with van der Waals surface area (Å²) in [6.07, 6.45) is 9.59. The fourth-order valence-electron chi connectivity index (χ4n) is 2.47. The molecule has 0 aromatic carbocycles. The third-order valence-electron chi connectivity index (χ3n) is 3.61. The van der Waals surface area contributed by atoms with Crippen LogP contribution in [-0.2, 0) is 0 Å². The van der Waals surface area contributed by atoms with Gasteiger partial charge in [-0.05, 0) is 31.8 Å². The van der Waals surface area contributed by atoms with Crippen molar-refractivity contribution in [2.24, 2.45) is 0 Å². The van der Waals surface area contributed by atoms with Crippen molar-refractivity contribution in [3.05, 3.63) is 46.3 Å². The maximum Gasteiger partial charge on any atom is 0.268 e. The third-order valence-corrected chi connectivity index (χ3v) is 3.61. The van der Waals surface area contributed by atoms with Gasteiger partial charge in [0.1, 0.15) is 0 Å². The molecule has 5 heteroatoms. The summed E-state index contributed by atoms with van der Waals surface area (Å²) in [6, 6.07) is 0.147. The number of hydrogen-bond acceptors (Lipinski definition) is 4. The van der Waals surface area contributed by atoms with Gasteiger partial charge >= 0.3 is 0 Å². The molecule has 0 amide bonds. The second-order valence-electron chi connectivity index (χ2n) is 4.99. The van der Waals surface area contributed by atoms with Crippen LogP contribution in [-0.4, -0.2) is 34.1 Å². The topological polar surface area (TPSA) is 66.6 Å². The first-order valence-electron chi connectivity index (χ1n) is 7.19. The van der Waals surface area contributed by atoms with E-state index in [1.807, 2.05) is 6.08 Å². The summed E-state index contributed by atoms with van der Waals surface area (Å²) in [7, 11) is 0. The van der Waals surface area contributed by atoms with E-state index in [1.54, 1.807) is 0 Å². The van der Waals surface area contributed by atoms with Crippen molar-refractivity contribution >= 4 is 0 Å². The number of nitrogens with zero attached hydrogens (tertiary/aromatic N) is 2. The molecule has 1 fully saturated rings. The lowest BCUT2D eigenvalue weighted by atomic mass is 10.1. The molecule has 1 saturated heterocycles. The highest BCUT2D eigenvalue weighted by atomic mass is 16.6. The summed E-state index contributed by atoms with van der Waals surface area (Å²) < 4.78 is 0. The number of unbranched alkanes of at least 4 members (excludes halogenated alkanes) is 1. The summed E-state index contributed by atoms with van der Waals surface area (Å²) >= 11 is 0. The van der Waals surface area contributed by atoms with Gasteiger partial charge in [0.15, 0.2) is 0 Å². The van der Waals surface area contributed by atoms with Gasteiger partial charge in [0.05, 0.1) is 17.6 Å². The average Bonchev–Trinajstić information content (AvgIpc) is 2.90. The van der Waals surface area contributed by atoms with Crippen LogP contribution in [0.25, 0.3) is 0 Å². The minimum atomic E-state index is -0.436. The van der Waals surface area contributed by atoms with E-state index >= 15 is 0 Å². The van der Waals surface area contributed by atoms with E-state index in [4.69, 9.17) is 0 Å². The first-order chi connectivity index (χ1) is 9.63. The molecular weight excluding hydrogens is 256 g/mol. The minimum Gasteiger partial charge on any atom is -0.394 e. The SMILES string of the molecule is C=C/C(=C\C=C(/CCCC)N1CCCC1CO)[N+](=O)[O-]. The van der Waals surface area contributed by atoms with Crippen molar-refractivity contribution < 1.29 is 10.0 Å². The highest BCUT2D eigenvalue weighted by Crippen LogP contribution is 2.25. The van der Waals surface area contributed by atoms with Crippen LogP contribution in [0.2, 0.25) is 0 Å². The monoisotopic (exact) mass is 280 g/mol. The Balaban J connectivity index is 2.93. The Morgan fingerprint density at radius 3 is 2.85 bits per heavy atom. The highest BCUT2D eigenvalue weighted by Gasteiger charge is 2.25. The first-order valence-corrected chi connectivity index (χ1v) is 7.19. The van der Waals surface area contributed by atoms with Gasteiger partial charge < -0.3 is 10.0 Å². The summed E-state index contributed by atoms with van der Waals surface area (Å²) in [5.74, 6) is 0. The van der Waals surface area contributed by atoms with Crippen LogP contribution in [0.1, 0.15) is 39.0 Å². The lowest BCUT2D eigenvalue weighted by molar-refractivity contribution is -0.418. The van der Waals surface area contributed by atoms with Crippen LogP contribution < -0.4 is 0 Å². The molecule has 0 radical (unpaired) electrons. The molecule has 1 atom stereocenters. The summed E-state index contributed by atoms with van der Waals surface area (Å²) in [4.78, 5) is 12.5. The molecule has 112 valence electrons. The Bertz CT molecular complexity index is 402. The molecule has 20 heavy (non-hydrogen) atoms. The van der Waals surface area contributed by atoms with E-state index < -0.39 is 4.92 Å². The van der Waals surface area contributed by atoms with Crippen molar-refractivity contribution in [2.75, 3.05) is 13.2 Å². The smallest absolute Gasteiger partial charge is 0.268 e. The Morgan fingerprint density at radius 2 is 2.30 bits per heavy atom. The molecule has 1 rings (SSSR count). The van der Waals surface area contributed by atoms with Gasteiger partial charge in [-0.3, -0.25) is 10.1 Å². The van der Waals surface area contributed by atoms with Crippen LogP contribution in [0.15, 0.2) is 36.2 Å². The normalized spacial score (nSPS) is 20.3. The standard InChI is InChI=1S/C15H24N2O3/c1-3-5-7-14(10-9-13(4-2)17(19)20)16-11-6-8-15(16)12-18/h4,9-10,15,18H,2-3,5-8,11-12H2,1H3/b13-9+,14-10+. The van der Waals surface area contributed by atoms with Gasteiger partial charge in [-0.2, -0.15) is 0 Å². The summed E-state index contributed by atoms with van der Waals surface area (Å²) in [6.45, 7) is 6.63. The molecule has 0 aromatic rings. The quantitative estimate of drug-likeness (QED) is 0.422. The van der Waals surface area contributed by atoms with E-state index in [0.717, 1.165) is 44.3 Å². The number of rotatable bonds is 8. The molecule has 0 spiro atoms. The summed E-state index contributed by atoms with van der Waals surface area (Å²) in [5.41, 5.74) is 1.07. The predicted octanol–water partition coefficient (Wildman–Crippen LogP) is 2.86. The molecule has 0 bridgehead atoms. The molecule has 0 aromatic heterocycles. The fourth-order valence-corrected chi connectivity index (χ4v) is 2.47. The molecule has 0 aliphatic carbocycles. The van der Waals surface area contributed by atoms with Crippen LogP contribution >= 0.6 is 0 Å². The Labute approximate surface area is 120 Å². The van der Waals surface area contributed by atoms with Gasteiger partial charge in [-0.1, -0.05) is 19.9 Å². The molecule has 1 heterocycles. The van der Waals surface area contributed by atoms with E-state index in [1.165, 1.54) is 12.2 Å². The second kappa shape index (κ2) is 8.53. The number of likely N-dealkylation sites (tertiary alicyclic amines) is 1. The minimum absolute atomic E-state index is 0.00116. The number of aliphatic hydroxyl groups is 1. The molecule has 0 saturated carbocycles. The number of nitro groups is 1. The van der Waals surface area contributed by atoms with Crippen LogP contribution in [0, 0.1) is 10.1 Å². The van der Waals surface area contributed by atoms with Crippen molar-refractivity contribution in [1.29, 1.82) is 0 Å². The maximum atomic E-state index is 10.8. The van der Waals surface area contributed by atoms with Gasteiger partial charge in [-0.25, -0.2) is 0 Å². The van der Waals surface area contributed by atoms with Crippen LogP contribution in [0.5, 0.6) is 0 Å². The molecule has 1 N–H and O–H groups in total. The lowest BCUT2D eigenvalue weighted by Crippen LogP contribution is -2.31. The molecule has 1 aliphatic heterocycles. The first kappa shape index (κ1) is 16.4. The van der Waals surface area contributed by atoms with Crippen molar-refractivity contribution in [3.63, 3.8) is 0 Å². The average molecular weight is 280 g/mol. The van der Waals surface area contributed by atoms with Gasteiger partial charge in [0, 0.05) is 24.4 Å². The van der Waals surface area contributed by atoms with Gasteiger partial charge in [-0.15, -0.1) is 0 Å². The van der Waals surface area contributed by atoms with Crippen molar-refractivity contribution in [1.82, 2.24) is 4.90 Å². The lowest BCUT2D eigenvalue weighted by Gasteiger charge is -2.28. The van der Waals surface area contributed by atoms with Crippen LogP contribution in [0.3, 0.4) is 0 Å². The molecular formula is C15H24N2O3. The second-order valence-corrected chi connectivity index (χ2v) is 4.99. The Kier molecular flexibility index (Phi) is 7.01. The zero-order chi connectivity index (χ0) is 15.0. The summed E-state index contributed by atoms with van der Waals surface area (Å²) in [5, 5.41) is 20.2. The maximum absolute atomic E-state index is 10.8. The van der Waals surface area contributed by atoms with E-state index in [9.17, 15) is 15.2 Å². The zero-order valence-corrected chi connectivity index (χ0v) is 12.1. The van der Waals surface area contributed by atoms with Gasteiger partial charge in [0.25, 0.3) is 5.70 Å². The zero-order valence-electron chi connectivity index (χ0n) is 12.1. The number of hydrogen-bond donors (Lipinski definition) is 1. The van der Waals surface area contributed by atoms with Crippen LogP contribution in [0.4, 0.5) is 0 Å². The van der Waals surface area contributed by atoms with E-state index in [-0.39, 0.29) is 18.3 Å².